The third kappa shape index (κ3) is 1.35. The van der Waals surface area contributed by atoms with E-state index in [0.717, 1.165) is 5.56 Å². The summed E-state index contributed by atoms with van der Waals surface area (Å²) in [6.07, 6.45) is 0. The van der Waals surface area contributed by atoms with Gasteiger partial charge in [0.05, 0.1) is 37.9 Å². The van der Waals surface area contributed by atoms with Crippen LogP contribution in [-0.4, -0.2) is 26.4 Å². The van der Waals surface area contributed by atoms with Gasteiger partial charge in [0.25, 0.3) is 0 Å². The van der Waals surface area contributed by atoms with E-state index < -0.39 is 5.41 Å². The molecule has 0 bridgehead atoms. The predicted octanol–water partition coefficient (Wildman–Crippen LogP) is 2.15. The van der Waals surface area contributed by atoms with Crippen LogP contribution in [0.5, 0.6) is 0 Å². The van der Waals surface area contributed by atoms with Crippen LogP contribution >= 0.6 is 11.6 Å². The maximum Gasteiger partial charge on any atom is 0.118 e. The van der Waals surface area contributed by atoms with Crippen molar-refractivity contribution in [2.24, 2.45) is 5.41 Å². The quantitative estimate of drug-likeness (QED) is 0.807. The van der Waals surface area contributed by atoms with E-state index in [4.69, 9.17) is 21.1 Å². The van der Waals surface area contributed by atoms with Crippen LogP contribution in [0.25, 0.3) is 0 Å². The third-order valence-electron chi connectivity index (χ3n) is 3.92. The first-order valence-corrected chi connectivity index (χ1v) is 5.93. The Morgan fingerprint density at radius 3 is 2.00 bits per heavy atom. The van der Waals surface area contributed by atoms with E-state index in [0.29, 0.717) is 31.5 Å². The molecule has 3 nitrogen and oxygen atoms in total. The van der Waals surface area contributed by atoms with Crippen molar-refractivity contribution in [3.05, 3.63) is 34.9 Å². The van der Waals surface area contributed by atoms with Gasteiger partial charge in [0.15, 0.2) is 0 Å². The highest BCUT2D eigenvalue weighted by Crippen LogP contribution is 2.51. The molecule has 0 N–H and O–H groups in total. The van der Waals surface area contributed by atoms with Gasteiger partial charge in [-0.05, 0) is 17.7 Å². The van der Waals surface area contributed by atoms with Gasteiger partial charge in [0, 0.05) is 5.02 Å². The summed E-state index contributed by atoms with van der Waals surface area (Å²) in [6, 6.07) is 10.1. The molecule has 2 aliphatic rings. The molecule has 1 aromatic rings. The topological polar surface area (TPSA) is 42.2 Å². The lowest BCUT2D eigenvalue weighted by molar-refractivity contribution is -0.201. The zero-order valence-corrected chi connectivity index (χ0v) is 10.0. The predicted molar refractivity (Wildman–Crippen MR) is 62.8 cm³/mol. The van der Waals surface area contributed by atoms with Crippen LogP contribution < -0.4 is 0 Å². The lowest BCUT2D eigenvalue weighted by Crippen LogP contribution is -2.66. The molecule has 0 saturated carbocycles. The van der Waals surface area contributed by atoms with Crippen LogP contribution in [0.1, 0.15) is 5.56 Å². The highest BCUT2D eigenvalue weighted by atomic mass is 35.5. The largest absolute Gasteiger partial charge is 0.379 e. The van der Waals surface area contributed by atoms with Crippen molar-refractivity contribution in [2.75, 3.05) is 26.4 Å². The maximum absolute atomic E-state index is 9.44. The molecule has 2 aliphatic heterocycles. The van der Waals surface area contributed by atoms with Crippen LogP contribution in [0.15, 0.2) is 24.3 Å². The average molecular weight is 250 g/mol. The molecule has 2 heterocycles. The van der Waals surface area contributed by atoms with Gasteiger partial charge in [-0.1, -0.05) is 23.7 Å². The van der Waals surface area contributed by atoms with Gasteiger partial charge in [0.2, 0.25) is 0 Å². The van der Waals surface area contributed by atoms with E-state index in [2.05, 4.69) is 6.07 Å². The summed E-state index contributed by atoms with van der Waals surface area (Å²) < 4.78 is 10.6. The Morgan fingerprint density at radius 1 is 1.06 bits per heavy atom. The summed E-state index contributed by atoms with van der Waals surface area (Å²) in [4.78, 5) is 0. The molecule has 4 heteroatoms. The Morgan fingerprint density at radius 2 is 1.65 bits per heavy atom. The molecule has 0 atom stereocenters. The van der Waals surface area contributed by atoms with E-state index in [1.165, 1.54) is 0 Å². The van der Waals surface area contributed by atoms with E-state index >= 15 is 0 Å². The summed E-state index contributed by atoms with van der Waals surface area (Å²) in [5.74, 6) is 0. The van der Waals surface area contributed by atoms with Crippen molar-refractivity contribution in [3.63, 3.8) is 0 Å². The highest BCUT2D eigenvalue weighted by molar-refractivity contribution is 6.30. The molecule has 17 heavy (non-hydrogen) atoms. The smallest absolute Gasteiger partial charge is 0.118 e. The third-order valence-corrected chi connectivity index (χ3v) is 4.17. The lowest BCUT2D eigenvalue weighted by Gasteiger charge is -2.55. The molecule has 0 aliphatic carbocycles. The Kier molecular flexibility index (Phi) is 2.41. The van der Waals surface area contributed by atoms with E-state index in [1.54, 1.807) is 0 Å². The fourth-order valence-corrected chi connectivity index (χ4v) is 2.67. The van der Waals surface area contributed by atoms with Crippen LogP contribution in [0, 0.1) is 16.7 Å². The molecular weight excluding hydrogens is 238 g/mol. The Hall–Kier alpha value is -1.08. The van der Waals surface area contributed by atoms with Crippen molar-refractivity contribution in [2.45, 2.75) is 5.41 Å². The summed E-state index contributed by atoms with van der Waals surface area (Å²) >= 11 is 5.90. The number of hydrogen-bond acceptors (Lipinski definition) is 3. The first-order chi connectivity index (χ1) is 8.22. The maximum atomic E-state index is 9.44. The second-order valence-electron chi connectivity index (χ2n) is 4.77. The van der Waals surface area contributed by atoms with Gasteiger partial charge in [-0.3, -0.25) is 0 Å². The summed E-state index contributed by atoms with van der Waals surface area (Å²) in [6.45, 7) is 2.17. The Balaban J connectivity index is 2.03. The molecule has 0 unspecified atom stereocenters. The van der Waals surface area contributed by atoms with Crippen molar-refractivity contribution < 1.29 is 9.47 Å². The highest BCUT2D eigenvalue weighted by Gasteiger charge is 2.61. The summed E-state index contributed by atoms with van der Waals surface area (Å²) in [7, 11) is 0. The minimum absolute atomic E-state index is 0.218. The Labute approximate surface area is 105 Å². The van der Waals surface area contributed by atoms with Gasteiger partial charge < -0.3 is 9.47 Å². The number of nitriles is 1. The van der Waals surface area contributed by atoms with E-state index in [9.17, 15) is 5.26 Å². The number of hydrogen-bond donors (Lipinski definition) is 0. The fraction of sp³-hybridized carbons (Fsp3) is 0.462. The molecule has 2 fully saturated rings. The van der Waals surface area contributed by atoms with Crippen molar-refractivity contribution in [3.8, 4) is 6.07 Å². The van der Waals surface area contributed by atoms with Gasteiger partial charge in [-0.25, -0.2) is 0 Å². The first-order valence-electron chi connectivity index (χ1n) is 5.55. The monoisotopic (exact) mass is 249 g/mol. The lowest BCUT2D eigenvalue weighted by atomic mass is 9.58. The number of halogens is 1. The van der Waals surface area contributed by atoms with Crippen LogP contribution in [0.4, 0.5) is 0 Å². The Bertz CT molecular complexity index is 469. The van der Waals surface area contributed by atoms with Gasteiger partial charge in [0.1, 0.15) is 5.41 Å². The standard InChI is InChI=1S/C13H12ClNO2/c14-11-3-1-10(2-4-11)13(8-17-9-13)12(5-15)6-16-7-12/h1-4H,6-9H2. The zero-order valence-electron chi connectivity index (χ0n) is 9.28. The van der Waals surface area contributed by atoms with Crippen molar-refractivity contribution in [1.82, 2.24) is 0 Å². The molecule has 2 saturated heterocycles. The normalized spacial score (nSPS) is 24.2. The molecule has 0 spiro atoms. The molecule has 0 aromatic heterocycles. The number of benzene rings is 1. The molecule has 3 rings (SSSR count). The van der Waals surface area contributed by atoms with Crippen molar-refractivity contribution >= 4 is 11.6 Å². The summed E-state index contributed by atoms with van der Waals surface area (Å²) in [5.41, 5.74) is 0.474. The number of ether oxygens (including phenoxy) is 2. The van der Waals surface area contributed by atoms with Gasteiger partial charge in [-0.15, -0.1) is 0 Å². The van der Waals surface area contributed by atoms with Crippen LogP contribution in [0.2, 0.25) is 5.02 Å². The van der Waals surface area contributed by atoms with Gasteiger partial charge in [-0.2, -0.15) is 5.26 Å². The van der Waals surface area contributed by atoms with Crippen molar-refractivity contribution in [1.29, 1.82) is 5.26 Å². The fourth-order valence-electron chi connectivity index (χ4n) is 2.55. The second kappa shape index (κ2) is 3.71. The van der Waals surface area contributed by atoms with Crippen LogP contribution in [-0.2, 0) is 14.9 Å². The SMILES string of the molecule is N#CC1(C2(c3ccc(Cl)cc3)COC2)COC1. The van der Waals surface area contributed by atoms with E-state index in [-0.39, 0.29) is 5.41 Å². The second-order valence-corrected chi connectivity index (χ2v) is 5.20. The average Bonchev–Trinajstić information content (AvgIpc) is 2.22. The van der Waals surface area contributed by atoms with E-state index in [1.807, 2.05) is 24.3 Å². The molecule has 1 aromatic carbocycles. The molecule has 88 valence electrons. The van der Waals surface area contributed by atoms with Crippen LogP contribution in [0.3, 0.4) is 0 Å². The molecular formula is C13H12ClNO2. The zero-order chi connectivity index (χ0) is 11.9. The minimum Gasteiger partial charge on any atom is -0.379 e. The minimum atomic E-state index is -0.431. The number of rotatable bonds is 2. The molecule has 0 amide bonds. The number of nitrogens with zero attached hydrogens (tertiary/aromatic N) is 1. The molecule has 0 radical (unpaired) electrons. The first kappa shape index (κ1) is 11.0. The van der Waals surface area contributed by atoms with Gasteiger partial charge >= 0.3 is 0 Å². The summed E-state index contributed by atoms with van der Waals surface area (Å²) in [5, 5.41) is 10.1.